The normalized spacial score (nSPS) is 16.9. The van der Waals surface area contributed by atoms with Gasteiger partial charge in [-0.3, -0.25) is 14.5 Å². The van der Waals surface area contributed by atoms with Gasteiger partial charge in [-0.25, -0.2) is 0 Å². The highest BCUT2D eigenvalue weighted by Crippen LogP contribution is 2.42. The number of halogens is 3. The van der Waals surface area contributed by atoms with Crippen molar-refractivity contribution in [1.82, 2.24) is 0 Å². The summed E-state index contributed by atoms with van der Waals surface area (Å²) in [5.74, 6) is -0.847. The zero-order valence-electron chi connectivity index (χ0n) is 20.6. The first-order valence-electron chi connectivity index (χ1n) is 11.9. The van der Waals surface area contributed by atoms with Crippen molar-refractivity contribution >= 4 is 35.0 Å². The third kappa shape index (κ3) is 5.92. The van der Waals surface area contributed by atoms with Crippen LogP contribution >= 0.6 is 11.8 Å². The molecule has 1 unspecified atom stereocenters. The van der Waals surface area contributed by atoms with E-state index in [-0.39, 0.29) is 22.9 Å². The Hall–Kier alpha value is -4.03. The summed E-state index contributed by atoms with van der Waals surface area (Å²) in [6.07, 6.45) is -4.52. The molecule has 2 amide bonds. The Morgan fingerprint density at radius 1 is 1.05 bits per heavy atom. The molecule has 4 rings (SSSR count). The van der Waals surface area contributed by atoms with Crippen LogP contribution < -0.4 is 10.2 Å². The first-order chi connectivity index (χ1) is 18.1. The summed E-state index contributed by atoms with van der Waals surface area (Å²) < 4.78 is 39.7. The maximum absolute atomic E-state index is 13.6. The lowest BCUT2D eigenvalue weighted by molar-refractivity contribution is -0.137. The van der Waals surface area contributed by atoms with Gasteiger partial charge in [0.15, 0.2) is 0 Å². The zero-order chi connectivity index (χ0) is 27.4. The van der Waals surface area contributed by atoms with Gasteiger partial charge in [-0.2, -0.15) is 18.4 Å². The minimum absolute atomic E-state index is 0.00346. The largest absolute Gasteiger partial charge is 0.416 e. The van der Waals surface area contributed by atoms with E-state index in [9.17, 15) is 28.0 Å². The van der Waals surface area contributed by atoms with Crippen LogP contribution in [-0.2, 0) is 22.2 Å². The summed E-state index contributed by atoms with van der Waals surface area (Å²) in [5.41, 5.74) is 1.26. The molecule has 0 aliphatic carbocycles. The van der Waals surface area contributed by atoms with Gasteiger partial charge in [0.25, 0.3) is 5.91 Å². The number of nitriles is 1. The molecule has 1 aliphatic heterocycles. The third-order valence-corrected chi connectivity index (χ3v) is 7.29. The van der Waals surface area contributed by atoms with Crippen molar-refractivity contribution in [2.45, 2.75) is 37.6 Å². The van der Waals surface area contributed by atoms with Crippen molar-refractivity contribution in [3.8, 4) is 6.07 Å². The molecular weight excluding hydrogens is 511 g/mol. The second-order valence-electron chi connectivity index (χ2n) is 9.04. The number of amides is 2. The molecule has 194 valence electrons. The fourth-order valence-corrected chi connectivity index (χ4v) is 5.34. The lowest BCUT2D eigenvalue weighted by Gasteiger charge is -2.19. The number of benzene rings is 3. The number of anilines is 2. The summed E-state index contributed by atoms with van der Waals surface area (Å²) in [6, 6.07) is 22.6. The highest BCUT2D eigenvalue weighted by atomic mass is 32.2. The van der Waals surface area contributed by atoms with Crippen molar-refractivity contribution in [1.29, 1.82) is 5.26 Å². The highest BCUT2D eigenvalue weighted by Gasteiger charge is 2.41. The molecule has 1 N–H and O–H groups in total. The number of carbonyl (C=O) groups is 2. The number of nitrogens with zero attached hydrogens (tertiary/aromatic N) is 2. The molecule has 1 fully saturated rings. The van der Waals surface area contributed by atoms with Crippen LogP contribution in [0.3, 0.4) is 0 Å². The van der Waals surface area contributed by atoms with Crippen molar-refractivity contribution in [2.24, 2.45) is 0 Å². The van der Waals surface area contributed by atoms with E-state index in [1.54, 1.807) is 42.5 Å². The van der Waals surface area contributed by atoms with Crippen LogP contribution in [0, 0.1) is 11.3 Å². The molecule has 0 aromatic heterocycles. The number of para-hydroxylation sites is 1. The second-order valence-corrected chi connectivity index (χ2v) is 10.2. The molecule has 3 aromatic carbocycles. The van der Waals surface area contributed by atoms with E-state index in [1.807, 2.05) is 32.0 Å². The maximum atomic E-state index is 13.6. The van der Waals surface area contributed by atoms with Crippen LogP contribution in [0.15, 0.2) is 89.5 Å². The van der Waals surface area contributed by atoms with Crippen LogP contribution in [0.5, 0.6) is 0 Å². The standard InChI is InChI=1S/C29H24F3N3O2S/c1-18(2)20-11-13-23(14-12-20)35-27(37)25(16-19-7-6-8-21(15-19)29(30,31)32)38-28(35)24(17-33)26(36)34-22-9-4-3-5-10-22/h3-15,18,25H,16H2,1-2H3,(H,34,36)/b28-24-. The molecule has 5 nitrogen and oxygen atoms in total. The van der Waals surface area contributed by atoms with Gasteiger partial charge in [0.2, 0.25) is 5.91 Å². The number of hydrogen-bond donors (Lipinski definition) is 1. The van der Waals surface area contributed by atoms with Gasteiger partial charge in [-0.1, -0.05) is 74.1 Å². The Balaban J connectivity index is 1.73. The van der Waals surface area contributed by atoms with Crippen LogP contribution in [0.1, 0.15) is 36.5 Å². The summed E-state index contributed by atoms with van der Waals surface area (Å²) in [4.78, 5) is 28.1. The van der Waals surface area contributed by atoms with Crippen LogP contribution in [0.2, 0.25) is 0 Å². The molecule has 3 aromatic rings. The minimum atomic E-state index is -4.51. The monoisotopic (exact) mass is 535 g/mol. The summed E-state index contributed by atoms with van der Waals surface area (Å²) in [6.45, 7) is 4.06. The average Bonchev–Trinajstić information content (AvgIpc) is 3.20. The van der Waals surface area contributed by atoms with E-state index in [4.69, 9.17) is 0 Å². The van der Waals surface area contributed by atoms with Crippen molar-refractivity contribution < 1.29 is 22.8 Å². The summed E-state index contributed by atoms with van der Waals surface area (Å²) in [7, 11) is 0. The number of carbonyl (C=O) groups excluding carboxylic acids is 2. The summed E-state index contributed by atoms with van der Waals surface area (Å²) >= 11 is 1.00. The molecular formula is C29H24F3N3O2S. The molecule has 0 spiro atoms. The van der Waals surface area contributed by atoms with Gasteiger partial charge in [-0.05, 0) is 53.8 Å². The number of hydrogen-bond acceptors (Lipinski definition) is 4. The van der Waals surface area contributed by atoms with Gasteiger partial charge in [0, 0.05) is 11.4 Å². The van der Waals surface area contributed by atoms with Gasteiger partial charge in [0.05, 0.1) is 10.8 Å². The predicted molar refractivity (Wildman–Crippen MR) is 142 cm³/mol. The molecule has 1 aliphatic rings. The van der Waals surface area contributed by atoms with Gasteiger partial charge >= 0.3 is 6.18 Å². The number of alkyl halides is 3. The van der Waals surface area contributed by atoms with Crippen LogP contribution in [0.25, 0.3) is 0 Å². The minimum Gasteiger partial charge on any atom is -0.321 e. The maximum Gasteiger partial charge on any atom is 0.416 e. The Morgan fingerprint density at radius 2 is 1.74 bits per heavy atom. The van der Waals surface area contributed by atoms with Gasteiger partial charge < -0.3 is 5.32 Å². The summed E-state index contributed by atoms with van der Waals surface area (Å²) in [5, 5.41) is 11.9. The Labute approximate surface area is 223 Å². The first-order valence-corrected chi connectivity index (χ1v) is 12.7. The smallest absolute Gasteiger partial charge is 0.321 e. The molecule has 0 bridgehead atoms. The number of thioether (sulfide) groups is 1. The fourth-order valence-electron chi connectivity index (χ4n) is 4.03. The van der Waals surface area contributed by atoms with E-state index >= 15 is 0 Å². The molecule has 1 atom stereocenters. The third-order valence-electron chi connectivity index (χ3n) is 6.03. The van der Waals surface area contributed by atoms with Crippen LogP contribution in [0.4, 0.5) is 24.5 Å². The lowest BCUT2D eigenvalue weighted by Crippen LogP contribution is -2.31. The zero-order valence-corrected chi connectivity index (χ0v) is 21.4. The van der Waals surface area contributed by atoms with E-state index in [0.717, 1.165) is 29.5 Å². The Kier molecular flexibility index (Phi) is 7.93. The quantitative estimate of drug-likeness (QED) is 0.275. The lowest BCUT2D eigenvalue weighted by atomic mass is 10.0. The highest BCUT2D eigenvalue weighted by molar-refractivity contribution is 8.05. The van der Waals surface area contributed by atoms with E-state index in [0.29, 0.717) is 16.9 Å². The molecule has 9 heteroatoms. The molecule has 1 heterocycles. The van der Waals surface area contributed by atoms with Crippen LogP contribution in [-0.4, -0.2) is 17.1 Å². The second kappa shape index (κ2) is 11.2. The number of nitrogens with one attached hydrogen (secondary N) is 1. The SMILES string of the molecule is CC(C)c1ccc(N2C(=O)C(Cc3cccc(C(F)(F)F)c3)S/C2=C(/C#N)C(=O)Nc2ccccc2)cc1. The molecule has 0 radical (unpaired) electrons. The average molecular weight is 536 g/mol. The molecule has 1 saturated heterocycles. The Morgan fingerprint density at radius 3 is 2.34 bits per heavy atom. The van der Waals surface area contributed by atoms with Crippen molar-refractivity contribution in [3.63, 3.8) is 0 Å². The van der Waals surface area contributed by atoms with E-state index in [1.165, 1.54) is 17.0 Å². The van der Waals surface area contributed by atoms with E-state index in [2.05, 4.69) is 5.32 Å². The van der Waals surface area contributed by atoms with Crippen molar-refractivity contribution in [2.75, 3.05) is 10.2 Å². The van der Waals surface area contributed by atoms with E-state index < -0.39 is 28.8 Å². The topological polar surface area (TPSA) is 73.2 Å². The predicted octanol–water partition coefficient (Wildman–Crippen LogP) is 6.89. The molecule has 0 saturated carbocycles. The Bertz CT molecular complexity index is 1410. The molecule has 38 heavy (non-hydrogen) atoms. The van der Waals surface area contributed by atoms with Gasteiger partial charge in [-0.15, -0.1) is 0 Å². The first kappa shape index (κ1) is 27.0. The van der Waals surface area contributed by atoms with Crippen molar-refractivity contribution in [3.05, 3.63) is 106 Å². The van der Waals surface area contributed by atoms with Gasteiger partial charge in [0.1, 0.15) is 16.7 Å². The number of rotatable bonds is 6. The fraction of sp³-hybridized carbons (Fsp3) is 0.207.